The maximum atomic E-state index is 9.97. The third-order valence-corrected chi connectivity index (χ3v) is 3.43. The zero-order valence-corrected chi connectivity index (χ0v) is 12.0. The molecule has 0 atom stereocenters. The van der Waals surface area contributed by atoms with Crippen molar-refractivity contribution < 1.29 is 5.11 Å². The molecule has 0 radical (unpaired) electrons. The van der Waals surface area contributed by atoms with E-state index in [2.05, 4.69) is 39.1 Å². The molecule has 0 fully saturated rings. The van der Waals surface area contributed by atoms with Crippen LogP contribution in [0.3, 0.4) is 0 Å². The Bertz CT molecular complexity index is 766. The molecule has 0 amide bonds. The van der Waals surface area contributed by atoms with Gasteiger partial charge in [0, 0.05) is 12.1 Å². The highest BCUT2D eigenvalue weighted by Gasteiger charge is 2.09. The molecule has 6 nitrogen and oxygen atoms in total. The van der Waals surface area contributed by atoms with E-state index in [0.29, 0.717) is 29.4 Å². The van der Waals surface area contributed by atoms with Gasteiger partial charge < -0.3 is 15.4 Å². The molecule has 108 valence electrons. The number of hydrogen-bond donors (Lipinski definition) is 3. The fourth-order valence-electron chi connectivity index (χ4n) is 2.18. The van der Waals surface area contributed by atoms with Gasteiger partial charge in [0.2, 0.25) is 0 Å². The van der Waals surface area contributed by atoms with Gasteiger partial charge >= 0.3 is 0 Å². The predicted octanol–water partition coefficient (Wildman–Crippen LogP) is 2.79. The maximum Gasteiger partial charge on any atom is 0.162 e. The third-order valence-electron chi connectivity index (χ3n) is 3.43. The van der Waals surface area contributed by atoms with Gasteiger partial charge in [-0.2, -0.15) is 0 Å². The summed E-state index contributed by atoms with van der Waals surface area (Å²) >= 11 is 0. The summed E-state index contributed by atoms with van der Waals surface area (Å²) in [6.07, 6.45) is 3.06. The number of phenols is 1. The van der Waals surface area contributed by atoms with Crippen LogP contribution in [-0.2, 0) is 6.54 Å². The Kier molecular flexibility index (Phi) is 3.43. The van der Waals surface area contributed by atoms with Gasteiger partial charge in [0.1, 0.15) is 17.6 Å². The van der Waals surface area contributed by atoms with E-state index in [1.165, 1.54) is 11.9 Å². The number of nitrogens with zero attached hydrogens (tertiary/aromatic N) is 3. The summed E-state index contributed by atoms with van der Waals surface area (Å²) in [6.45, 7) is 4.73. The maximum absolute atomic E-state index is 9.97. The number of imidazole rings is 1. The number of hydrogen-bond acceptors (Lipinski definition) is 5. The minimum absolute atomic E-state index is 0.277. The summed E-state index contributed by atoms with van der Waals surface area (Å²) in [4.78, 5) is 15.4. The van der Waals surface area contributed by atoms with Gasteiger partial charge in [-0.05, 0) is 17.5 Å². The van der Waals surface area contributed by atoms with E-state index in [4.69, 9.17) is 0 Å². The SMILES string of the molecule is CC(C)c1ccc(O)c(CNc2ncnc3[nH]cnc23)c1. The van der Waals surface area contributed by atoms with Crippen molar-refractivity contribution >= 4 is 17.0 Å². The summed E-state index contributed by atoms with van der Waals surface area (Å²) in [6, 6.07) is 5.69. The molecule has 0 saturated heterocycles. The van der Waals surface area contributed by atoms with Crippen molar-refractivity contribution in [1.29, 1.82) is 0 Å². The van der Waals surface area contributed by atoms with Crippen LogP contribution in [0.4, 0.5) is 5.82 Å². The third kappa shape index (κ3) is 2.65. The Morgan fingerprint density at radius 1 is 1.24 bits per heavy atom. The van der Waals surface area contributed by atoms with E-state index in [9.17, 15) is 5.11 Å². The van der Waals surface area contributed by atoms with Crippen LogP contribution in [0.25, 0.3) is 11.2 Å². The molecule has 3 aromatic rings. The molecule has 3 N–H and O–H groups in total. The summed E-state index contributed by atoms with van der Waals surface area (Å²) in [7, 11) is 0. The van der Waals surface area contributed by atoms with Crippen LogP contribution in [0.15, 0.2) is 30.9 Å². The van der Waals surface area contributed by atoms with Crippen LogP contribution in [-0.4, -0.2) is 25.0 Å². The second-order valence-corrected chi connectivity index (χ2v) is 5.22. The summed E-state index contributed by atoms with van der Waals surface area (Å²) < 4.78 is 0. The summed E-state index contributed by atoms with van der Waals surface area (Å²) in [5.41, 5.74) is 3.41. The summed E-state index contributed by atoms with van der Waals surface area (Å²) in [5.74, 6) is 1.34. The van der Waals surface area contributed by atoms with Crippen LogP contribution in [0.5, 0.6) is 5.75 Å². The first-order valence-electron chi connectivity index (χ1n) is 6.85. The van der Waals surface area contributed by atoms with Gasteiger partial charge in [-0.15, -0.1) is 0 Å². The van der Waals surface area contributed by atoms with E-state index in [1.807, 2.05) is 12.1 Å². The lowest BCUT2D eigenvalue weighted by atomic mass is 10.0. The number of H-pyrrole nitrogens is 1. The van der Waals surface area contributed by atoms with Crippen molar-refractivity contribution in [2.45, 2.75) is 26.3 Å². The molecular weight excluding hydrogens is 266 g/mol. The van der Waals surface area contributed by atoms with Crippen molar-refractivity contribution in [2.24, 2.45) is 0 Å². The minimum Gasteiger partial charge on any atom is -0.508 e. The fourth-order valence-corrected chi connectivity index (χ4v) is 2.18. The number of phenolic OH excluding ortho intramolecular Hbond substituents is 1. The molecular formula is C15H17N5O. The molecule has 2 heterocycles. The quantitative estimate of drug-likeness (QED) is 0.685. The van der Waals surface area contributed by atoms with Crippen molar-refractivity contribution in [2.75, 3.05) is 5.32 Å². The number of aromatic hydroxyl groups is 1. The van der Waals surface area contributed by atoms with Gasteiger partial charge in [-0.3, -0.25) is 0 Å². The number of nitrogens with one attached hydrogen (secondary N) is 2. The van der Waals surface area contributed by atoms with E-state index < -0.39 is 0 Å². The molecule has 21 heavy (non-hydrogen) atoms. The molecule has 0 spiro atoms. The molecule has 3 rings (SSSR count). The van der Waals surface area contributed by atoms with Crippen LogP contribution >= 0.6 is 0 Å². The van der Waals surface area contributed by atoms with E-state index in [1.54, 1.807) is 12.4 Å². The van der Waals surface area contributed by atoms with E-state index in [0.717, 1.165) is 5.56 Å². The molecule has 1 aromatic carbocycles. The number of aromatic amines is 1. The monoisotopic (exact) mass is 283 g/mol. The second-order valence-electron chi connectivity index (χ2n) is 5.22. The van der Waals surface area contributed by atoms with E-state index in [-0.39, 0.29) is 5.75 Å². The van der Waals surface area contributed by atoms with Crippen molar-refractivity contribution in [3.05, 3.63) is 42.0 Å². The average Bonchev–Trinajstić information content (AvgIpc) is 2.95. The van der Waals surface area contributed by atoms with Crippen molar-refractivity contribution in [3.63, 3.8) is 0 Å². The molecule has 0 aliphatic rings. The molecule has 6 heteroatoms. The lowest BCUT2D eigenvalue weighted by molar-refractivity contribution is 0.468. The number of benzene rings is 1. The highest BCUT2D eigenvalue weighted by Crippen LogP contribution is 2.24. The zero-order valence-electron chi connectivity index (χ0n) is 12.0. The Labute approximate surface area is 122 Å². The fraction of sp³-hybridized carbons (Fsp3) is 0.267. The van der Waals surface area contributed by atoms with Crippen LogP contribution < -0.4 is 5.32 Å². The first kappa shape index (κ1) is 13.4. The van der Waals surface area contributed by atoms with Crippen LogP contribution in [0.2, 0.25) is 0 Å². The van der Waals surface area contributed by atoms with Gasteiger partial charge in [0.15, 0.2) is 11.5 Å². The Morgan fingerprint density at radius 3 is 2.90 bits per heavy atom. The zero-order chi connectivity index (χ0) is 14.8. The molecule has 0 unspecified atom stereocenters. The molecule has 0 saturated carbocycles. The van der Waals surface area contributed by atoms with Crippen LogP contribution in [0, 0.1) is 0 Å². The predicted molar refractivity (Wildman–Crippen MR) is 81.2 cm³/mol. The van der Waals surface area contributed by atoms with E-state index >= 15 is 0 Å². The normalized spacial score (nSPS) is 11.2. The molecule has 0 aliphatic carbocycles. The first-order valence-corrected chi connectivity index (χ1v) is 6.85. The van der Waals surface area contributed by atoms with Gasteiger partial charge in [-0.1, -0.05) is 26.0 Å². The van der Waals surface area contributed by atoms with Crippen molar-refractivity contribution in [1.82, 2.24) is 19.9 Å². The Morgan fingerprint density at radius 2 is 2.10 bits per heavy atom. The Hall–Kier alpha value is -2.63. The standard InChI is InChI=1S/C15H17N5O/c1-9(2)10-3-4-12(21)11(5-10)6-16-14-13-15(18-7-17-13)20-8-19-14/h3-5,7-9,21H,6H2,1-2H3,(H2,16,17,18,19,20). The van der Waals surface area contributed by atoms with Gasteiger partial charge in [0.05, 0.1) is 6.33 Å². The number of aromatic nitrogens is 4. The Balaban J connectivity index is 1.84. The van der Waals surface area contributed by atoms with Crippen molar-refractivity contribution in [3.8, 4) is 5.75 Å². The first-order chi connectivity index (χ1) is 10.1. The smallest absolute Gasteiger partial charge is 0.162 e. The van der Waals surface area contributed by atoms with Gasteiger partial charge in [0.25, 0.3) is 0 Å². The highest BCUT2D eigenvalue weighted by molar-refractivity contribution is 5.81. The molecule has 0 bridgehead atoms. The highest BCUT2D eigenvalue weighted by atomic mass is 16.3. The number of rotatable bonds is 4. The topological polar surface area (TPSA) is 86.7 Å². The minimum atomic E-state index is 0.277. The second kappa shape index (κ2) is 5.40. The lowest BCUT2D eigenvalue weighted by Gasteiger charge is -2.11. The average molecular weight is 283 g/mol. The summed E-state index contributed by atoms with van der Waals surface area (Å²) in [5, 5.41) is 13.2. The molecule has 2 aromatic heterocycles. The molecule has 0 aliphatic heterocycles. The lowest BCUT2D eigenvalue weighted by Crippen LogP contribution is -2.03. The van der Waals surface area contributed by atoms with Gasteiger partial charge in [-0.25, -0.2) is 15.0 Å². The van der Waals surface area contributed by atoms with Crippen LogP contribution in [0.1, 0.15) is 30.9 Å². The largest absolute Gasteiger partial charge is 0.508 e. The number of fused-ring (bicyclic) bond motifs is 1. The number of anilines is 1.